The van der Waals surface area contributed by atoms with Crippen molar-refractivity contribution in [2.45, 2.75) is 39.3 Å². The van der Waals surface area contributed by atoms with Gasteiger partial charge in [0.15, 0.2) is 0 Å². The number of piperidine rings is 1. The molecule has 1 amide bonds. The van der Waals surface area contributed by atoms with Crippen molar-refractivity contribution in [1.82, 2.24) is 24.7 Å². The largest absolute Gasteiger partial charge is 0.355 e. The number of benzene rings is 3. The molecule has 1 aromatic heterocycles. The predicted molar refractivity (Wildman–Crippen MR) is 184 cm³/mol. The number of piperazine rings is 1. The topological polar surface area (TPSA) is 55.8 Å². The highest BCUT2D eigenvalue weighted by atomic mass is 35.5. The van der Waals surface area contributed by atoms with Crippen molar-refractivity contribution in [3.8, 4) is 0 Å². The number of hydrogen-bond donors (Lipinski definition) is 0. The molecule has 7 nitrogen and oxygen atoms in total. The molecule has 3 heterocycles. The molecule has 0 bridgehead atoms. The fourth-order valence-corrected chi connectivity index (χ4v) is 7.12. The van der Waals surface area contributed by atoms with E-state index in [9.17, 15) is 4.79 Å². The maximum atomic E-state index is 13.3. The first-order valence-electron chi connectivity index (χ1n) is 16.2. The summed E-state index contributed by atoms with van der Waals surface area (Å²) in [6.45, 7) is 11.6. The summed E-state index contributed by atoms with van der Waals surface area (Å²) in [6, 6.07) is 24.8. The Hall–Kier alpha value is -3.23. The van der Waals surface area contributed by atoms with E-state index < -0.39 is 0 Å². The van der Waals surface area contributed by atoms with Gasteiger partial charge in [0.1, 0.15) is 11.6 Å². The van der Waals surface area contributed by atoms with E-state index in [4.69, 9.17) is 33.2 Å². The van der Waals surface area contributed by atoms with Gasteiger partial charge in [0.2, 0.25) is 5.91 Å². The lowest BCUT2D eigenvalue weighted by Crippen LogP contribution is -2.47. The maximum Gasteiger partial charge on any atom is 0.227 e. The molecule has 2 aliphatic heterocycles. The van der Waals surface area contributed by atoms with Crippen molar-refractivity contribution in [1.29, 1.82) is 0 Å². The van der Waals surface area contributed by atoms with E-state index in [1.165, 1.54) is 11.1 Å². The lowest BCUT2D eigenvalue weighted by Gasteiger charge is -2.39. The van der Waals surface area contributed by atoms with Crippen molar-refractivity contribution < 1.29 is 4.79 Å². The van der Waals surface area contributed by atoms with E-state index >= 15 is 0 Å². The summed E-state index contributed by atoms with van der Waals surface area (Å²) < 4.78 is 0. The molecule has 45 heavy (non-hydrogen) atoms. The van der Waals surface area contributed by atoms with Gasteiger partial charge in [-0.15, -0.1) is 0 Å². The number of amides is 1. The lowest BCUT2D eigenvalue weighted by molar-refractivity contribution is -0.135. The second-order valence-corrected chi connectivity index (χ2v) is 13.0. The fraction of sp³-hybridized carbons (Fsp3) is 0.417. The highest BCUT2D eigenvalue weighted by Gasteiger charge is 2.31. The summed E-state index contributed by atoms with van der Waals surface area (Å²) >= 11 is 12.5. The average Bonchev–Trinajstić information content (AvgIpc) is 3.07. The van der Waals surface area contributed by atoms with E-state index in [1.54, 1.807) is 0 Å². The maximum absolute atomic E-state index is 13.3. The molecule has 1 atom stereocenters. The number of nitrogens with zero attached hydrogens (tertiary/aromatic N) is 6. The first-order valence-corrected chi connectivity index (χ1v) is 17.0. The van der Waals surface area contributed by atoms with Gasteiger partial charge < -0.3 is 9.80 Å². The number of carbonyl (C=O) groups excluding carboxylic acids is 1. The predicted octanol–water partition coefficient (Wildman–Crippen LogP) is 6.93. The Morgan fingerprint density at radius 1 is 0.844 bits per heavy atom. The Morgan fingerprint density at radius 3 is 2.09 bits per heavy atom. The zero-order valence-corrected chi connectivity index (χ0v) is 27.7. The molecule has 0 saturated carbocycles. The molecule has 2 saturated heterocycles. The lowest BCUT2D eigenvalue weighted by atomic mass is 9.96. The molecule has 6 rings (SSSR count). The second-order valence-electron chi connectivity index (χ2n) is 12.1. The molecule has 2 aliphatic rings. The van der Waals surface area contributed by atoms with Crippen molar-refractivity contribution in [2.75, 3.05) is 57.3 Å². The second kappa shape index (κ2) is 14.5. The minimum absolute atomic E-state index is 0.00173. The Kier molecular flexibility index (Phi) is 10.2. The highest BCUT2D eigenvalue weighted by molar-refractivity contribution is 6.30. The smallest absolute Gasteiger partial charge is 0.227 e. The molecule has 0 spiro atoms. The SMILES string of the molecule is CCN(CC)C(=O)C1CCCN(c2nc(CN3CCN(C(c4ccc(Cl)cc4)c4ccc(Cl)cc4)CC3)nc3ccccc23)C1. The molecular weight excluding hydrogens is 603 g/mol. The summed E-state index contributed by atoms with van der Waals surface area (Å²) in [5.74, 6) is 2.05. The van der Waals surface area contributed by atoms with Crippen LogP contribution in [0.3, 0.4) is 0 Å². The third kappa shape index (κ3) is 7.28. The number of carbonyl (C=O) groups is 1. The van der Waals surface area contributed by atoms with E-state index in [0.29, 0.717) is 13.1 Å². The van der Waals surface area contributed by atoms with Gasteiger partial charge in [-0.2, -0.15) is 0 Å². The van der Waals surface area contributed by atoms with Crippen LogP contribution in [-0.4, -0.2) is 82.9 Å². The quantitative estimate of drug-likeness (QED) is 0.197. The first kappa shape index (κ1) is 31.7. The molecule has 0 N–H and O–H groups in total. The number of anilines is 1. The van der Waals surface area contributed by atoms with Crippen LogP contribution in [-0.2, 0) is 11.3 Å². The number of hydrogen-bond acceptors (Lipinski definition) is 6. The molecular formula is C36H42Cl2N6O. The number of rotatable bonds is 9. The van der Waals surface area contributed by atoms with E-state index in [0.717, 1.165) is 91.2 Å². The Bertz CT molecular complexity index is 1540. The third-order valence-corrected chi connectivity index (χ3v) is 9.79. The highest BCUT2D eigenvalue weighted by Crippen LogP contribution is 2.32. The van der Waals surface area contributed by atoms with Gasteiger partial charge >= 0.3 is 0 Å². The zero-order chi connectivity index (χ0) is 31.3. The van der Waals surface area contributed by atoms with E-state index in [2.05, 4.69) is 64.9 Å². The monoisotopic (exact) mass is 644 g/mol. The van der Waals surface area contributed by atoms with E-state index in [-0.39, 0.29) is 17.9 Å². The van der Waals surface area contributed by atoms with Crippen LogP contribution in [0.5, 0.6) is 0 Å². The van der Waals surface area contributed by atoms with Gasteiger partial charge in [-0.3, -0.25) is 14.6 Å². The van der Waals surface area contributed by atoms with Crippen LogP contribution in [0.15, 0.2) is 72.8 Å². The van der Waals surface area contributed by atoms with Crippen LogP contribution in [0.1, 0.15) is 49.7 Å². The molecule has 2 fully saturated rings. The normalized spacial score (nSPS) is 18.1. The van der Waals surface area contributed by atoms with E-state index in [1.807, 2.05) is 41.3 Å². The van der Waals surface area contributed by atoms with Crippen molar-refractivity contribution in [3.05, 3.63) is 99.8 Å². The van der Waals surface area contributed by atoms with Crippen LogP contribution in [0.25, 0.3) is 10.9 Å². The Labute approximate surface area is 276 Å². The summed E-state index contributed by atoms with van der Waals surface area (Å²) in [4.78, 5) is 32.7. The number of fused-ring (bicyclic) bond motifs is 1. The van der Waals surface area contributed by atoms with Crippen molar-refractivity contribution in [3.63, 3.8) is 0 Å². The van der Waals surface area contributed by atoms with Crippen molar-refractivity contribution in [2.24, 2.45) is 5.92 Å². The summed E-state index contributed by atoms with van der Waals surface area (Å²) in [5.41, 5.74) is 3.40. The minimum atomic E-state index is -0.00173. The Balaban J connectivity index is 1.19. The first-order chi connectivity index (χ1) is 21.9. The van der Waals surface area contributed by atoms with Crippen LogP contribution in [0.2, 0.25) is 10.0 Å². The Morgan fingerprint density at radius 2 is 1.47 bits per heavy atom. The molecule has 9 heteroatoms. The zero-order valence-electron chi connectivity index (χ0n) is 26.2. The molecule has 0 radical (unpaired) electrons. The van der Waals surface area contributed by atoms with Gasteiger partial charge in [-0.1, -0.05) is 59.6 Å². The number of halogens is 2. The molecule has 4 aromatic rings. The summed E-state index contributed by atoms with van der Waals surface area (Å²) in [6.07, 6.45) is 1.91. The van der Waals surface area contributed by atoms with Gasteiger partial charge in [0, 0.05) is 67.8 Å². The number of aromatic nitrogens is 2. The van der Waals surface area contributed by atoms with Gasteiger partial charge in [0.05, 0.1) is 24.0 Å². The average molecular weight is 646 g/mol. The van der Waals surface area contributed by atoms with Crippen LogP contribution < -0.4 is 4.90 Å². The van der Waals surface area contributed by atoms with Crippen LogP contribution in [0.4, 0.5) is 5.82 Å². The van der Waals surface area contributed by atoms with Gasteiger partial charge in [-0.05, 0) is 74.2 Å². The molecule has 3 aromatic carbocycles. The minimum Gasteiger partial charge on any atom is -0.355 e. The summed E-state index contributed by atoms with van der Waals surface area (Å²) in [5, 5.41) is 2.53. The molecule has 236 valence electrons. The summed E-state index contributed by atoms with van der Waals surface area (Å²) in [7, 11) is 0. The van der Waals surface area contributed by atoms with Gasteiger partial charge in [-0.25, -0.2) is 9.97 Å². The van der Waals surface area contributed by atoms with Crippen LogP contribution in [0, 0.1) is 5.92 Å². The fourth-order valence-electron chi connectivity index (χ4n) is 6.87. The standard InChI is InChI=1S/C36H42Cl2N6O/c1-3-42(4-2)36(45)28-8-7-19-44(24-28)35-31-9-5-6-10-32(31)39-33(40-35)25-41-20-22-43(23-21-41)34(26-11-15-29(37)16-12-26)27-13-17-30(38)18-14-27/h5-6,9-18,28,34H,3-4,7-8,19-25H2,1-2H3. The van der Waals surface area contributed by atoms with Crippen LogP contribution >= 0.6 is 23.2 Å². The molecule has 0 aliphatic carbocycles. The molecule has 1 unspecified atom stereocenters. The van der Waals surface area contributed by atoms with Crippen molar-refractivity contribution >= 4 is 45.8 Å². The number of para-hydroxylation sites is 1. The third-order valence-electron chi connectivity index (χ3n) is 9.28. The van der Waals surface area contributed by atoms with Gasteiger partial charge in [0.25, 0.3) is 0 Å².